The van der Waals surface area contributed by atoms with Crippen molar-refractivity contribution in [1.29, 1.82) is 0 Å². The number of esters is 2. The minimum atomic E-state index is -1.11. The van der Waals surface area contributed by atoms with E-state index in [2.05, 4.69) is 24.8 Å². The van der Waals surface area contributed by atoms with E-state index in [1.54, 1.807) is 51.5 Å². The Morgan fingerprint density at radius 3 is 1.76 bits per heavy atom. The Kier molecular flexibility index (Phi) is 26.1. The molecule has 3 N–H and O–H groups in total. The summed E-state index contributed by atoms with van der Waals surface area (Å²) in [5.41, 5.74) is 4.30. The zero-order chi connectivity index (χ0) is 38.9. The predicted octanol–water partition coefficient (Wildman–Crippen LogP) is -4.61. The van der Waals surface area contributed by atoms with E-state index >= 15 is 0 Å². The fourth-order valence-corrected chi connectivity index (χ4v) is 5.43. The molecule has 6 rings (SSSR count). The van der Waals surface area contributed by atoms with Gasteiger partial charge >= 0.3 is 164 Å². The molecule has 0 aliphatic carbocycles. The van der Waals surface area contributed by atoms with Gasteiger partial charge in [-0.05, 0) is 85.1 Å². The molecule has 2 aliphatic rings. The number of phenolic OH excluding ortho intramolecular Hbond substituents is 1. The molecular formula is C33H37B2ClCs2N4O13. The second kappa shape index (κ2) is 27.6. The quantitative estimate of drug-likeness (QED) is 0.0470. The first-order valence-corrected chi connectivity index (χ1v) is 16.3. The van der Waals surface area contributed by atoms with E-state index < -0.39 is 26.4 Å². The van der Waals surface area contributed by atoms with Crippen LogP contribution in [0.1, 0.15) is 62.6 Å². The number of hydrogen-bond donors (Lipinski definition) is 3. The van der Waals surface area contributed by atoms with Gasteiger partial charge in [0.15, 0.2) is 0 Å². The summed E-state index contributed by atoms with van der Waals surface area (Å²) in [4.78, 5) is 49.8. The van der Waals surface area contributed by atoms with Crippen molar-refractivity contribution in [1.82, 2.24) is 19.9 Å². The number of fused-ring (bicyclic) bond motifs is 2. The molecule has 55 heavy (non-hydrogen) atoms. The monoisotopic (exact) mass is 1020 g/mol. The molecule has 2 atom stereocenters. The van der Waals surface area contributed by atoms with Gasteiger partial charge in [-0.15, -0.1) is 0 Å². The van der Waals surface area contributed by atoms with Gasteiger partial charge in [0.25, 0.3) is 6.47 Å². The van der Waals surface area contributed by atoms with Crippen molar-refractivity contribution in [3.8, 4) is 17.4 Å². The predicted molar refractivity (Wildman–Crippen MR) is 187 cm³/mol. The molecule has 282 valence electrons. The number of aromatic hydroxyl groups is 1. The molecule has 2 aromatic heterocycles. The van der Waals surface area contributed by atoms with E-state index in [-0.39, 0.29) is 176 Å². The van der Waals surface area contributed by atoms with E-state index in [1.807, 2.05) is 13.0 Å². The van der Waals surface area contributed by atoms with Crippen LogP contribution in [-0.4, -0.2) is 81.0 Å². The molecule has 0 fully saturated rings. The first kappa shape index (κ1) is 52.0. The second-order valence-corrected chi connectivity index (χ2v) is 11.2. The third-order valence-corrected chi connectivity index (χ3v) is 7.40. The minimum Gasteiger partial charge on any atom is -1.00 e. The number of aromatic nitrogens is 4. The number of nitrogens with zero attached hydrogens (tertiary/aromatic N) is 4. The second-order valence-electron chi connectivity index (χ2n) is 10.8. The molecule has 2 aliphatic heterocycles. The molecule has 0 saturated carbocycles. The molecule has 22 heteroatoms. The minimum absolute atomic E-state index is 0. The van der Waals surface area contributed by atoms with Gasteiger partial charge in [-0.2, -0.15) is 0 Å². The van der Waals surface area contributed by atoms with Gasteiger partial charge in [-0.3, -0.25) is 24.4 Å². The molecule has 0 amide bonds. The Morgan fingerprint density at radius 2 is 1.35 bits per heavy atom. The van der Waals surface area contributed by atoms with Crippen LogP contribution < -0.4 is 159 Å². The molecule has 0 radical (unpaired) electrons. The first-order chi connectivity index (χ1) is 25.4. The Morgan fingerprint density at radius 1 is 0.855 bits per heavy atom. The van der Waals surface area contributed by atoms with Crippen LogP contribution >= 0.6 is 11.6 Å². The molecule has 17 nitrogen and oxygen atoms in total. The van der Waals surface area contributed by atoms with E-state index in [0.29, 0.717) is 40.9 Å². The SMILES string of the molecule is CCOC(=O)CC1OB(O)c2cc(O)cc(C)c21.CCOC(=O)CC1OB(O)c2cc(Oc3cnccn3)cc(C)c21.Clc1cnccn1.O=CO[O-].[Cs+].[Cs+].[H-]. The Balaban J connectivity index is 0.000000832. The molecule has 4 heterocycles. The van der Waals surface area contributed by atoms with Crippen LogP contribution in [0.3, 0.4) is 0 Å². The third kappa shape index (κ3) is 17.0. The number of halogens is 1. The summed E-state index contributed by atoms with van der Waals surface area (Å²) in [5, 5.41) is 38.3. The molecule has 0 saturated heterocycles. The van der Waals surface area contributed by atoms with Gasteiger partial charge in [-0.25, -0.2) is 9.97 Å². The fraction of sp³-hybridized carbons (Fsp3) is 0.303. The summed E-state index contributed by atoms with van der Waals surface area (Å²) in [6.07, 6.45) is 8.26. The Bertz CT molecular complexity index is 1820. The van der Waals surface area contributed by atoms with Crippen molar-refractivity contribution >= 4 is 55.2 Å². The van der Waals surface area contributed by atoms with Gasteiger partial charge in [0, 0.05) is 24.8 Å². The average Bonchev–Trinajstić information content (AvgIpc) is 3.60. The van der Waals surface area contributed by atoms with Gasteiger partial charge in [0.05, 0.1) is 50.7 Å². The van der Waals surface area contributed by atoms with Crippen LogP contribution in [0.15, 0.2) is 61.4 Å². The molecular weight excluding hydrogens is 983 g/mol. The van der Waals surface area contributed by atoms with Crippen LogP contribution in [0.5, 0.6) is 17.4 Å². The molecule has 2 unspecified atom stereocenters. The number of carbonyl (C=O) groups is 3. The number of rotatable bonds is 9. The average molecular weight is 1020 g/mol. The van der Waals surface area contributed by atoms with Gasteiger partial charge < -0.3 is 50.2 Å². The van der Waals surface area contributed by atoms with Crippen molar-refractivity contribution in [2.45, 2.75) is 52.7 Å². The van der Waals surface area contributed by atoms with Crippen molar-refractivity contribution in [2.75, 3.05) is 13.2 Å². The molecule has 0 bridgehead atoms. The summed E-state index contributed by atoms with van der Waals surface area (Å²) in [6, 6.07) is 6.54. The summed E-state index contributed by atoms with van der Waals surface area (Å²) in [5.74, 6) is 0.224. The topological polar surface area (TPSA) is 242 Å². The zero-order valence-electron chi connectivity index (χ0n) is 32.1. The summed E-state index contributed by atoms with van der Waals surface area (Å²) < 4.78 is 26.3. The Hall–Kier alpha value is -1.07. The third-order valence-electron chi connectivity index (χ3n) is 7.21. The molecule has 4 aromatic rings. The first-order valence-electron chi connectivity index (χ1n) is 16.0. The molecule has 2 aromatic carbocycles. The normalized spacial score (nSPS) is 14.3. The van der Waals surface area contributed by atoms with Crippen molar-refractivity contribution < 1.29 is 202 Å². The number of phenols is 1. The summed E-state index contributed by atoms with van der Waals surface area (Å²) >= 11 is 5.37. The van der Waals surface area contributed by atoms with E-state index in [4.69, 9.17) is 45.2 Å². The smallest absolute Gasteiger partial charge is 1.00 e. The number of benzene rings is 2. The van der Waals surface area contributed by atoms with Crippen molar-refractivity contribution in [3.63, 3.8) is 0 Å². The number of aryl methyl sites for hydroxylation is 2. The maximum atomic E-state index is 11.7. The summed E-state index contributed by atoms with van der Waals surface area (Å²) in [7, 11) is -2.21. The number of hydrogen-bond acceptors (Lipinski definition) is 17. The fourth-order valence-electron chi connectivity index (χ4n) is 5.32. The summed E-state index contributed by atoms with van der Waals surface area (Å²) in [6.45, 7) is 7.61. The van der Waals surface area contributed by atoms with Gasteiger partial charge in [0.1, 0.15) is 16.7 Å². The molecule has 0 spiro atoms. The van der Waals surface area contributed by atoms with Gasteiger partial charge in [-0.1, -0.05) is 11.6 Å². The zero-order valence-corrected chi connectivity index (χ0v) is 44.4. The maximum absolute atomic E-state index is 11.7. The number of ether oxygens (including phenoxy) is 3. The van der Waals surface area contributed by atoms with Gasteiger partial charge in [0.2, 0.25) is 5.88 Å². The van der Waals surface area contributed by atoms with Crippen molar-refractivity contribution in [3.05, 3.63) is 88.9 Å². The van der Waals surface area contributed by atoms with Crippen LogP contribution in [-0.2, 0) is 38.1 Å². The van der Waals surface area contributed by atoms with Crippen LogP contribution in [0, 0.1) is 13.8 Å². The van der Waals surface area contributed by atoms with Crippen LogP contribution in [0.4, 0.5) is 0 Å². The van der Waals surface area contributed by atoms with E-state index in [1.165, 1.54) is 24.7 Å². The van der Waals surface area contributed by atoms with E-state index in [0.717, 1.165) is 22.3 Å². The number of carbonyl (C=O) groups excluding carboxylic acids is 3. The van der Waals surface area contributed by atoms with Crippen LogP contribution in [0.2, 0.25) is 5.15 Å². The standard InChI is InChI=1S/C16H17BN2O5.C12H15BO5.C4H3ClN2.CH2O3.2Cs.H/c1-3-22-15(20)8-13-16-10(2)6-11(7-12(16)17(21)24-13)23-14-9-18-4-5-19-14;1-3-17-11(15)6-10-12-7(2)4-8(14)5-9(12)13(16)18-10;5-4-3-6-1-2-7-4;2-1-4-3;;;/h4-7,9,13,21H,3,8H2,1-2H3;4-5,10,14,16H,3,6H2,1-2H3;1-3H;1,3H;;;/q;;;;2*+1;-1/p-1. The van der Waals surface area contributed by atoms with Crippen molar-refractivity contribution in [2.24, 2.45) is 0 Å². The van der Waals surface area contributed by atoms with Crippen LogP contribution in [0.25, 0.3) is 0 Å². The maximum Gasteiger partial charge on any atom is 1.00 e. The Labute approximate surface area is 442 Å². The van der Waals surface area contributed by atoms with E-state index in [9.17, 15) is 24.7 Å². The largest absolute Gasteiger partial charge is 1.00 e.